The highest BCUT2D eigenvalue weighted by Crippen LogP contribution is 2.32. The van der Waals surface area contributed by atoms with Gasteiger partial charge in [-0.15, -0.1) is 11.8 Å². The zero-order chi connectivity index (χ0) is 33.2. The van der Waals surface area contributed by atoms with Gasteiger partial charge in [-0.3, -0.25) is 19.2 Å². The molecule has 1 aliphatic heterocycles. The fraction of sp³-hybridized carbons (Fsp3) is 0.114. The summed E-state index contributed by atoms with van der Waals surface area (Å²) in [5.74, 6) is -0.432. The molecule has 11 nitrogen and oxygen atoms in total. The Bertz CT molecular complexity index is 1850. The van der Waals surface area contributed by atoms with E-state index in [1.807, 2.05) is 6.07 Å². The normalized spacial score (nSPS) is 12.6. The van der Waals surface area contributed by atoms with Gasteiger partial charge in [0.15, 0.2) is 11.5 Å². The Labute approximate surface area is 275 Å². The first-order chi connectivity index (χ1) is 22.8. The molecule has 5 rings (SSSR count). The van der Waals surface area contributed by atoms with E-state index in [0.29, 0.717) is 38.9 Å². The van der Waals surface area contributed by atoms with Crippen molar-refractivity contribution in [1.29, 1.82) is 0 Å². The second-order valence-corrected chi connectivity index (χ2v) is 11.1. The van der Waals surface area contributed by atoms with E-state index in [0.717, 1.165) is 0 Å². The quantitative estimate of drug-likeness (QED) is 0.152. The number of methoxy groups -OCH3 is 2. The predicted molar refractivity (Wildman–Crippen MR) is 181 cm³/mol. The topological polar surface area (TPSA) is 138 Å². The van der Waals surface area contributed by atoms with E-state index < -0.39 is 11.8 Å². The van der Waals surface area contributed by atoms with Crippen LogP contribution >= 0.6 is 11.8 Å². The van der Waals surface area contributed by atoms with Gasteiger partial charge in [-0.05, 0) is 54.6 Å². The van der Waals surface area contributed by atoms with Gasteiger partial charge in [0.1, 0.15) is 11.5 Å². The third kappa shape index (κ3) is 8.44. The van der Waals surface area contributed by atoms with Crippen LogP contribution in [0.25, 0.3) is 6.08 Å². The van der Waals surface area contributed by atoms with Crippen LogP contribution < -0.4 is 30.4 Å². The summed E-state index contributed by atoms with van der Waals surface area (Å²) in [4.78, 5) is 52.4. The molecule has 238 valence electrons. The van der Waals surface area contributed by atoms with Crippen LogP contribution in [0.5, 0.6) is 11.5 Å². The molecule has 4 aromatic carbocycles. The van der Waals surface area contributed by atoms with Crippen LogP contribution in [-0.2, 0) is 14.4 Å². The Hall–Kier alpha value is -5.88. The van der Waals surface area contributed by atoms with Crippen molar-refractivity contribution < 1.29 is 28.7 Å². The van der Waals surface area contributed by atoms with Crippen molar-refractivity contribution in [1.82, 2.24) is 10.6 Å². The average Bonchev–Trinajstić information content (AvgIpc) is 3.46. The number of hydrogen-bond donors (Lipinski definition) is 3. The SMILES string of the molecule is COc1cccc(/C=C(/NC(=O)c2ccccc2)C(=O)Nc2cccc(SCC(=O)NC3=NN(c4ccccc4)C(=O)C3)c2)c1OC. The van der Waals surface area contributed by atoms with Crippen LogP contribution in [0.2, 0.25) is 0 Å². The summed E-state index contributed by atoms with van der Waals surface area (Å²) < 4.78 is 10.9. The molecule has 1 aliphatic rings. The Morgan fingerprint density at radius 3 is 2.32 bits per heavy atom. The number of anilines is 2. The Morgan fingerprint density at radius 1 is 0.872 bits per heavy atom. The molecule has 4 aromatic rings. The highest BCUT2D eigenvalue weighted by Gasteiger charge is 2.26. The second-order valence-electron chi connectivity index (χ2n) is 10.0. The number of amidine groups is 1. The van der Waals surface area contributed by atoms with E-state index in [1.165, 1.54) is 37.1 Å². The van der Waals surface area contributed by atoms with Crippen LogP contribution in [0.15, 0.2) is 119 Å². The van der Waals surface area contributed by atoms with Gasteiger partial charge in [0.2, 0.25) is 5.91 Å². The molecule has 0 aliphatic carbocycles. The van der Waals surface area contributed by atoms with Crippen molar-refractivity contribution >= 4 is 58.7 Å². The maximum atomic E-state index is 13.6. The molecule has 0 fully saturated rings. The number of rotatable bonds is 11. The number of hydrogen-bond acceptors (Lipinski definition) is 8. The van der Waals surface area contributed by atoms with Crippen molar-refractivity contribution in [2.75, 3.05) is 30.3 Å². The average molecular weight is 650 g/mol. The number of nitrogens with zero attached hydrogens (tertiary/aromatic N) is 2. The molecule has 0 radical (unpaired) electrons. The van der Waals surface area contributed by atoms with Crippen molar-refractivity contribution in [2.45, 2.75) is 11.3 Å². The molecule has 1 heterocycles. The van der Waals surface area contributed by atoms with E-state index in [-0.39, 0.29) is 35.5 Å². The van der Waals surface area contributed by atoms with Crippen LogP contribution in [0.3, 0.4) is 0 Å². The van der Waals surface area contributed by atoms with Crippen LogP contribution in [-0.4, -0.2) is 49.4 Å². The number of amides is 4. The molecule has 0 saturated carbocycles. The molecule has 0 atom stereocenters. The summed E-state index contributed by atoms with van der Waals surface area (Å²) in [5.41, 5.74) is 1.93. The number of nitrogens with one attached hydrogen (secondary N) is 3. The molecule has 0 saturated heterocycles. The van der Waals surface area contributed by atoms with Gasteiger partial charge in [-0.1, -0.05) is 54.6 Å². The lowest BCUT2D eigenvalue weighted by atomic mass is 10.1. The molecule has 3 N–H and O–H groups in total. The first-order valence-electron chi connectivity index (χ1n) is 14.4. The van der Waals surface area contributed by atoms with Crippen molar-refractivity contribution in [3.05, 3.63) is 120 Å². The number of ether oxygens (including phenoxy) is 2. The van der Waals surface area contributed by atoms with Crippen LogP contribution in [0.4, 0.5) is 11.4 Å². The first-order valence-corrected chi connectivity index (χ1v) is 15.4. The van der Waals surface area contributed by atoms with E-state index in [2.05, 4.69) is 21.1 Å². The highest BCUT2D eigenvalue weighted by molar-refractivity contribution is 8.00. The van der Waals surface area contributed by atoms with Gasteiger partial charge in [0.25, 0.3) is 17.7 Å². The van der Waals surface area contributed by atoms with Gasteiger partial charge >= 0.3 is 0 Å². The van der Waals surface area contributed by atoms with E-state index >= 15 is 0 Å². The van der Waals surface area contributed by atoms with Crippen molar-refractivity contribution in [2.24, 2.45) is 5.10 Å². The van der Waals surface area contributed by atoms with Crippen LogP contribution in [0.1, 0.15) is 22.3 Å². The minimum atomic E-state index is -0.578. The third-order valence-corrected chi connectivity index (χ3v) is 7.78. The number of carbonyl (C=O) groups is 4. The molecule has 0 unspecified atom stereocenters. The summed E-state index contributed by atoms with van der Waals surface area (Å²) in [5, 5.41) is 13.8. The lowest BCUT2D eigenvalue weighted by molar-refractivity contribution is -0.117. The zero-order valence-corrected chi connectivity index (χ0v) is 26.4. The highest BCUT2D eigenvalue weighted by atomic mass is 32.2. The Kier molecular flexibility index (Phi) is 10.7. The number of carbonyl (C=O) groups excluding carboxylic acids is 4. The van der Waals surface area contributed by atoms with E-state index in [4.69, 9.17) is 9.47 Å². The summed E-state index contributed by atoms with van der Waals surface area (Å²) >= 11 is 1.25. The Morgan fingerprint density at radius 2 is 1.60 bits per heavy atom. The fourth-order valence-corrected chi connectivity index (χ4v) is 5.36. The minimum Gasteiger partial charge on any atom is -0.493 e. The molecular formula is C35H31N5O6S. The van der Waals surface area contributed by atoms with Crippen molar-refractivity contribution in [3.63, 3.8) is 0 Å². The smallest absolute Gasteiger partial charge is 0.272 e. The first kappa shape index (κ1) is 32.5. The Balaban J connectivity index is 1.27. The monoisotopic (exact) mass is 649 g/mol. The van der Waals surface area contributed by atoms with E-state index in [1.54, 1.807) is 97.1 Å². The van der Waals surface area contributed by atoms with Gasteiger partial charge in [0, 0.05) is 21.7 Å². The summed E-state index contributed by atoms with van der Waals surface area (Å²) in [6, 6.07) is 29.7. The largest absolute Gasteiger partial charge is 0.493 e. The third-order valence-electron chi connectivity index (χ3n) is 6.78. The maximum Gasteiger partial charge on any atom is 0.272 e. The fourth-order valence-electron chi connectivity index (χ4n) is 4.60. The zero-order valence-electron chi connectivity index (χ0n) is 25.6. The van der Waals surface area contributed by atoms with Gasteiger partial charge in [-0.2, -0.15) is 10.1 Å². The molecule has 0 spiro atoms. The summed E-state index contributed by atoms with van der Waals surface area (Å²) in [7, 11) is 3.00. The maximum absolute atomic E-state index is 13.6. The van der Waals surface area contributed by atoms with Gasteiger partial charge < -0.3 is 25.4 Å². The van der Waals surface area contributed by atoms with E-state index in [9.17, 15) is 19.2 Å². The number of benzene rings is 4. The molecule has 47 heavy (non-hydrogen) atoms. The molecule has 12 heteroatoms. The number of hydrazone groups is 1. The van der Waals surface area contributed by atoms with Crippen molar-refractivity contribution in [3.8, 4) is 11.5 Å². The lowest BCUT2D eigenvalue weighted by Gasteiger charge is -2.14. The second kappa shape index (κ2) is 15.4. The molecule has 4 amide bonds. The van der Waals surface area contributed by atoms with Crippen LogP contribution in [0, 0.1) is 0 Å². The minimum absolute atomic E-state index is 0.00881. The summed E-state index contributed by atoms with van der Waals surface area (Å²) in [6.07, 6.45) is 1.50. The molecule has 0 aromatic heterocycles. The van der Waals surface area contributed by atoms with Gasteiger partial charge in [-0.25, -0.2) is 0 Å². The summed E-state index contributed by atoms with van der Waals surface area (Å²) in [6.45, 7) is 0. The predicted octanol–water partition coefficient (Wildman–Crippen LogP) is 5.07. The number of para-hydroxylation sites is 2. The number of thioether (sulfide) groups is 1. The molecule has 0 bridgehead atoms. The molecular weight excluding hydrogens is 618 g/mol. The van der Waals surface area contributed by atoms with Gasteiger partial charge in [0.05, 0.1) is 32.1 Å². The lowest BCUT2D eigenvalue weighted by Crippen LogP contribution is -2.31. The standard InChI is InChI=1S/C35H31N5O6S/c1-45-29-18-9-13-24(33(29)46-2)19-28(37-34(43)23-11-5-3-6-12-23)35(44)36-25-14-10-17-27(20-25)47-22-31(41)38-30-21-32(42)40(39-30)26-15-7-4-8-16-26/h3-20H,21-22H2,1-2H3,(H,36,44)(H,37,43)(H,38,39,41)/b28-19+.